The number of carbonyl (C=O) groups is 1. The molecule has 0 saturated heterocycles. The van der Waals surface area contributed by atoms with Crippen molar-refractivity contribution in [1.82, 2.24) is 4.98 Å². The molecule has 0 unspecified atom stereocenters. The van der Waals surface area contributed by atoms with E-state index in [1.165, 1.54) is 30.2 Å². The van der Waals surface area contributed by atoms with Gasteiger partial charge < -0.3 is 20.1 Å². The summed E-state index contributed by atoms with van der Waals surface area (Å²) >= 11 is 1.34. The van der Waals surface area contributed by atoms with Gasteiger partial charge in [0.1, 0.15) is 5.75 Å². The molecule has 206 valence electrons. The van der Waals surface area contributed by atoms with Gasteiger partial charge in [-0.25, -0.2) is 9.78 Å². The van der Waals surface area contributed by atoms with E-state index in [0.29, 0.717) is 28.8 Å². The number of halogens is 3. The molecule has 1 aromatic heterocycles. The van der Waals surface area contributed by atoms with Gasteiger partial charge in [0, 0.05) is 35.4 Å². The number of hydrogen-bond donors (Lipinski definition) is 2. The average molecular weight is 550 g/mol. The third-order valence-corrected chi connectivity index (χ3v) is 6.98. The van der Waals surface area contributed by atoms with Crippen LogP contribution in [-0.2, 0) is 11.0 Å². The summed E-state index contributed by atoms with van der Waals surface area (Å²) in [6, 6.07) is 11.1. The maximum atomic E-state index is 14.0. The zero-order valence-electron chi connectivity index (χ0n) is 21.9. The second-order valence-electron chi connectivity index (χ2n) is 9.17. The van der Waals surface area contributed by atoms with E-state index < -0.39 is 24.3 Å². The molecule has 0 aliphatic heterocycles. The maximum absolute atomic E-state index is 14.0. The van der Waals surface area contributed by atoms with Crippen LogP contribution in [0.1, 0.15) is 55.9 Å². The maximum Gasteiger partial charge on any atom is 0.418 e. The van der Waals surface area contributed by atoms with Crippen molar-refractivity contribution in [2.75, 3.05) is 30.4 Å². The lowest BCUT2D eigenvalue weighted by atomic mass is 10.1. The number of ether oxygens (including phenoxy) is 1. The summed E-state index contributed by atoms with van der Waals surface area (Å²) in [4.78, 5) is 17.8. The fourth-order valence-electron chi connectivity index (χ4n) is 4.12. The first-order valence-electron chi connectivity index (χ1n) is 12.7. The molecule has 0 aliphatic rings. The first kappa shape index (κ1) is 29.3. The van der Waals surface area contributed by atoms with E-state index in [2.05, 4.69) is 17.2 Å². The van der Waals surface area contributed by atoms with Crippen LogP contribution < -0.4 is 15.0 Å². The van der Waals surface area contributed by atoms with Gasteiger partial charge in [0.25, 0.3) is 0 Å². The summed E-state index contributed by atoms with van der Waals surface area (Å²) in [6.07, 6.45) is 2.00. The number of alkyl halides is 3. The van der Waals surface area contributed by atoms with Crippen molar-refractivity contribution in [3.8, 4) is 17.0 Å². The summed E-state index contributed by atoms with van der Waals surface area (Å²) in [5.41, 5.74) is 1.27. The Morgan fingerprint density at radius 1 is 1.08 bits per heavy atom. The van der Waals surface area contributed by atoms with Gasteiger partial charge in [-0.05, 0) is 55.8 Å². The Balaban J connectivity index is 1.71. The highest BCUT2D eigenvalue weighted by Crippen LogP contribution is 2.39. The fraction of sp³-hybridized carbons (Fsp3) is 0.429. The number of aromatic nitrogens is 1. The monoisotopic (exact) mass is 549 g/mol. The van der Waals surface area contributed by atoms with Gasteiger partial charge in [0.2, 0.25) is 0 Å². The summed E-state index contributed by atoms with van der Waals surface area (Å²) < 4.78 is 47.1. The number of unbranched alkanes of at least 4 members (excludes halogenated alkanes) is 5. The third-order valence-electron chi connectivity index (χ3n) is 6.10. The van der Waals surface area contributed by atoms with Gasteiger partial charge in [-0.1, -0.05) is 39.0 Å². The van der Waals surface area contributed by atoms with Crippen molar-refractivity contribution in [1.29, 1.82) is 0 Å². The second kappa shape index (κ2) is 13.5. The molecule has 0 fully saturated rings. The average Bonchev–Trinajstić information content (AvgIpc) is 3.24. The van der Waals surface area contributed by atoms with E-state index in [4.69, 9.17) is 9.84 Å². The summed E-state index contributed by atoms with van der Waals surface area (Å²) in [6.45, 7) is 4.17. The summed E-state index contributed by atoms with van der Waals surface area (Å²) in [7, 11) is 1.71. The van der Waals surface area contributed by atoms with Crippen molar-refractivity contribution >= 4 is 33.8 Å². The molecule has 0 spiro atoms. The Hall–Kier alpha value is -3.27. The molecule has 2 aromatic carbocycles. The van der Waals surface area contributed by atoms with E-state index in [0.717, 1.165) is 42.2 Å². The smallest absolute Gasteiger partial charge is 0.418 e. The Kier molecular flexibility index (Phi) is 10.4. The van der Waals surface area contributed by atoms with Gasteiger partial charge in [0.15, 0.2) is 11.7 Å². The van der Waals surface area contributed by atoms with Crippen molar-refractivity contribution in [3.05, 3.63) is 52.9 Å². The number of carboxylic acid groups (broad SMARTS) is 1. The Bertz CT molecular complexity index is 1200. The predicted octanol–water partition coefficient (Wildman–Crippen LogP) is 8.14. The van der Waals surface area contributed by atoms with Crippen molar-refractivity contribution < 1.29 is 27.8 Å². The number of thiazole rings is 1. The van der Waals surface area contributed by atoms with Crippen molar-refractivity contribution in [3.63, 3.8) is 0 Å². The normalized spacial score (nSPS) is 11.4. The fourth-order valence-corrected chi connectivity index (χ4v) is 4.97. The van der Waals surface area contributed by atoms with E-state index >= 15 is 0 Å². The van der Waals surface area contributed by atoms with Crippen LogP contribution in [0.4, 0.5) is 29.7 Å². The lowest BCUT2D eigenvalue weighted by Crippen LogP contribution is -2.22. The topological polar surface area (TPSA) is 74.7 Å². The highest BCUT2D eigenvalue weighted by Gasteiger charge is 2.35. The molecule has 3 rings (SSSR count). The lowest BCUT2D eigenvalue weighted by molar-refractivity contribution is -0.139. The number of aliphatic carboxylic acids is 1. The molecule has 1 heterocycles. The SMILES string of the molecule is CCCCCCCCN(C)c1ccc(Nc2nc(-c3ccc(OCC(=O)O)cc3)c(C)s2)cc1C(F)(F)F. The molecule has 10 heteroatoms. The number of hydrogen-bond acceptors (Lipinski definition) is 6. The second-order valence-corrected chi connectivity index (χ2v) is 10.4. The van der Waals surface area contributed by atoms with Crippen LogP contribution in [0.15, 0.2) is 42.5 Å². The molecule has 0 radical (unpaired) electrons. The molecule has 3 aromatic rings. The van der Waals surface area contributed by atoms with Crippen LogP contribution in [0, 0.1) is 6.92 Å². The van der Waals surface area contributed by atoms with Crippen LogP contribution in [-0.4, -0.2) is 36.3 Å². The highest BCUT2D eigenvalue weighted by atomic mass is 32.1. The molecule has 38 heavy (non-hydrogen) atoms. The quantitative estimate of drug-likeness (QED) is 0.198. The number of benzene rings is 2. The van der Waals surface area contributed by atoms with E-state index in [1.54, 1.807) is 42.3 Å². The minimum atomic E-state index is -4.49. The van der Waals surface area contributed by atoms with Crippen LogP contribution in [0.3, 0.4) is 0 Å². The number of aryl methyl sites for hydroxylation is 1. The number of rotatable bonds is 14. The molecule has 2 N–H and O–H groups in total. The highest BCUT2D eigenvalue weighted by molar-refractivity contribution is 7.16. The van der Waals surface area contributed by atoms with E-state index in [1.807, 2.05) is 6.92 Å². The van der Waals surface area contributed by atoms with Crippen LogP contribution >= 0.6 is 11.3 Å². The van der Waals surface area contributed by atoms with Crippen LogP contribution in [0.2, 0.25) is 0 Å². The number of nitrogens with zero attached hydrogens (tertiary/aromatic N) is 2. The van der Waals surface area contributed by atoms with E-state index in [-0.39, 0.29) is 5.69 Å². The zero-order chi connectivity index (χ0) is 27.7. The van der Waals surface area contributed by atoms with Gasteiger partial charge >= 0.3 is 12.1 Å². The molecule has 0 atom stereocenters. The number of anilines is 3. The van der Waals surface area contributed by atoms with Crippen molar-refractivity contribution in [2.24, 2.45) is 0 Å². The lowest BCUT2D eigenvalue weighted by Gasteiger charge is -2.24. The van der Waals surface area contributed by atoms with Gasteiger partial charge in [-0.3, -0.25) is 0 Å². The Morgan fingerprint density at radius 2 is 1.76 bits per heavy atom. The minimum absolute atomic E-state index is 0.165. The first-order chi connectivity index (χ1) is 18.1. The largest absolute Gasteiger partial charge is 0.482 e. The molecule has 6 nitrogen and oxygen atoms in total. The first-order valence-corrected chi connectivity index (χ1v) is 13.5. The van der Waals surface area contributed by atoms with Crippen LogP contribution in [0.25, 0.3) is 11.3 Å². The number of carboxylic acids is 1. The number of nitrogens with one attached hydrogen (secondary N) is 1. The molecular weight excluding hydrogens is 515 g/mol. The van der Waals surface area contributed by atoms with Gasteiger partial charge in [-0.2, -0.15) is 13.2 Å². The van der Waals surface area contributed by atoms with E-state index in [9.17, 15) is 18.0 Å². The third kappa shape index (κ3) is 8.37. The zero-order valence-corrected chi connectivity index (χ0v) is 22.7. The van der Waals surface area contributed by atoms with Crippen LogP contribution in [0.5, 0.6) is 5.75 Å². The van der Waals surface area contributed by atoms with Gasteiger partial charge in [0.05, 0.1) is 11.3 Å². The Labute approximate surface area is 225 Å². The van der Waals surface area contributed by atoms with Crippen molar-refractivity contribution in [2.45, 2.75) is 58.5 Å². The molecule has 0 aliphatic carbocycles. The standard InChI is InChI=1S/C28H34F3N3O3S/c1-4-5-6-7-8-9-16-34(3)24-15-12-21(17-23(24)28(29,30)31)32-27-33-26(19(2)38-27)20-10-13-22(14-11-20)37-18-25(35)36/h10-15,17H,4-9,16,18H2,1-3H3,(H,32,33)(H,35,36). The molecule has 0 amide bonds. The predicted molar refractivity (Wildman–Crippen MR) is 147 cm³/mol. The molecular formula is C28H34F3N3O3S. The Morgan fingerprint density at radius 3 is 2.42 bits per heavy atom. The van der Waals surface area contributed by atoms with Gasteiger partial charge in [-0.15, -0.1) is 11.3 Å². The minimum Gasteiger partial charge on any atom is -0.482 e. The molecule has 0 saturated carbocycles. The summed E-state index contributed by atoms with van der Waals surface area (Å²) in [5.74, 6) is -0.644. The molecule has 0 bridgehead atoms. The summed E-state index contributed by atoms with van der Waals surface area (Å²) in [5, 5.41) is 12.2.